The number of carboxylic acid groups (broad SMARTS) is 5. The van der Waals surface area contributed by atoms with E-state index in [2.05, 4.69) is 42.2 Å². The van der Waals surface area contributed by atoms with Crippen LogP contribution < -0.4 is 41.7 Å². The van der Waals surface area contributed by atoms with Crippen LogP contribution in [0.3, 0.4) is 0 Å². The minimum absolute atomic E-state index is 0.0330. The number of benzene rings is 3. The van der Waals surface area contributed by atoms with Crippen molar-refractivity contribution in [1.29, 1.82) is 0 Å². The number of carbonyl (C=O) groups excluding carboxylic acids is 6. The molecule has 5 atom stereocenters. The highest BCUT2D eigenvalue weighted by atomic mass is 16.4. The summed E-state index contributed by atoms with van der Waals surface area (Å²) in [5, 5.41) is 65.7. The van der Waals surface area contributed by atoms with Crippen LogP contribution in [-0.2, 0) is 51.3 Å². The number of quaternary nitrogens is 1. The van der Waals surface area contributed by atoms with E-state index in [0.717, 1.165) is 10.8 Å². The van der Waals surface area contributed by atoms with Gasteiger partial charge in [0.05, 0.1) is 26.7 Å². The lowest BCUT2D eigenvalue weighted by Gasteiger charge is -2.23. The summed E-state index contributed by atoms with van der Waals surface area (Å²) in [5.41, 5.74) is 1.40. The molecular formula is C52H64N9O16+. The second-order valence-corrected chi connectivity index (χ2v) is 18.8. The SMILES string of the molecule is C[N+](C)(C)c1ccc(C(=O)NC(CCC(=O)O)C(=O)NC(CCC(=O)O)C(=O)NCc2ccc(C(=O)NC(Cc3ccc4ccccc4c3)C(=O)NCCCCC(NC(=O)N[C@@H](CCC(=O)O)C(=O)O)C(=O)O)cc2)cn1. The average molecular weight is 1070 g/mol. The topological polar surface area (TPSA) is 386 Å². The van der Waals surface area contributed by atoms with Crippen LogP contribution in [0.25, 0.3) is 10.8 Å². The Kier molecular flexibility index (Phi) is 23.0. The van der Waals surface area contributed by atoms with Gasteiger partial charge in [-0.05, 0) is 78.6 Å². The number of rotatable bonds is 31. The molecule has 7 amide bonds. The van der Waals surface area contributed by atoms with Crippen LogP contribution >= 0.6 is 0 Å². The van der Waals surface area contributed by atoms with Crippen molar-refractivity contribution in [2.24, 2.45) is 0 Å². The first kappa shape index (κ1) is 60.6. The summed E-state index contributed by atoms with van der Waals surface area (Å²) in [6.45, 7) is -0.121. The molecule has 0 aliphatic rings. The molecule has 12 N–H and O–H groups in total. The quantitative estimate of drug-likeness (QED) is 0.0252. The molecule has 0 spiro atoms. The molecule has 25 heteroatoms. The molecule has 25 nitrogen and oxygen atoms in total. The number of urea groups is 1. The van der Waals surface area contributed by atoms with E-state index in [4.69, 9.17) is 5.11 Å². The molecule has 4 rings (SSSR count). The molecule has 0 radical (unpaired) electrons. The predicted molar refractivity (Wildman–Crippen MR) is 276 cm³/mol. The van der Waals surface area contributed by atoms with Crippen molar-refractivity contribution in [1.82, 2.24) is 46.7 Å². The first-order valence-corrected chi connectivity index (χ1v) is 24.4. The van der Waals surface area contributed by atoms with Gasteiger partial charge in [0.25, 0.3) is 11.8 Å². The lowest BCUT2D eigenvalue weighted by Crippen LogP contribution is -2.53. The summed E-state index contributed by atoms with van der Waals surface area (Å²) in [4.78, 5) is 142. The fourth-order valence-corrected chi connectivity index (χ4v) is 7.59. The average Bonchev–Trinajstić information content (AvgIpc) is 3.37. The minimum atomic E-state index is -1.58. The number of nitrogens with one attached hydrogen (secondary N) is 7. The predicted octanol–water partition coefficient (Wildman–Crippen LogP) is 1.76. The van der Waals surface area contributed by atoms with Gasteiger partial charge < -0.3 is 62.8 Å². The fraction of sp³-hybridized carbons (Fsp3) is 0.385. The Labute approximate surface area is 441 Å². The standard InChI is InChI=1S/C52H63N9O16/c1-61(2,3)41-21-17-35(29-54-41)46(69)56-37(19-23-43(64)65)49(72)57-36(18-22-42(62)63)47(70)55-28-30-11-15-33(16-12-30)45(68)58-40(27-31-13-14-32-8-4-5-9-34(32)26-31)48(71)53-25-7-6-10-38(50(73)74)59-52(77)60-39(51(75)76)20-24-44(66)67/h4-5,8-9,11-17,21,26,29,36-40H,6-7,10,18-20,22-25,27-28H2,1-3H3,(H11-,53,55,56,57,58,59,60,62,63,64,65,66,67,68,69,70,71,72,73,74,75,76,77)/p+1/t36?,37?,38?,39-,40?/m0/s1. The number of pyridine rings is 1. The summed E-state index contributed by atoms with van der Waals surface area (Å²) >= 11 is 0. The van der Waals surface area contributed by atoms with E-state index in [1.807, 2.05) is 63.6 Å². The molecule has 1 aromatic heterocycles. The van der Waals surface area contributed by atoms with Crippen molar-refractivity contribution < 1.29 is 78.3 Å². The highest BCUT2D eigenvalue weighted by Crippen LogP contribution is 2.18. The van der Waals surface area contributed by atoms with Crippen LogP contribution in [0, 0.1) is 0 Å². The first-order valence-electron chi connectivity index (χ1n) is 24.4. The van der Waals surface area contributed by atoms with Gasteiger partial charge in [-0.2, -0.15) is 0 Å². The van der Waals surface area contributed by atoms with E-state index in [0.29, 0.717) is 21.4 Å². The zero-order valence-corrected chi connectivity index (χ0v) is 42.6. The number of fused-ring (bicyclic) bond motifs is 1. The second kappa shape index (κ2) is 29.2. The monoisotopic (exact) mass is 1070 g/mol. The Bertz CT molecular complexity index is 2780. The third-order valence-corrected chi connectivity index (χ3v) is 11.9. The van der Waals surface area contributed by atoms with Crippen molar-refractivity contribution in [3.8, 4) is 0 Å². The van der Waals surface area contributed by atoms with Gasteiger partial charge in [0.2, 0.25) is 23.5 Å². The number of nitrogens with zero attached hydrogens (tertiary/aromatic N) is 2. The van der Waals surface area contributed by atoms with Crippen LogP contribution in [0.4, 0.5) is 10.6 Å². The Balaban J connectivity index is 1.39. The molecule has 0 fully saturated rings. The number of aliphatic carboxylic acids is 5. The van der Waals surface area contributed by atoms with Gasteiger partial charge in [0.1, 0.15) is 30.2 Å². The van der Waals surface area contributed by atoms with Crippen molar-refractivity contribution in [3.05, 3.63) is 107 Å². The number of carbonyl (C=O) groups is 11. The van der Waals surface area contributed by atoms with Crippen molar-refractivity contribution in [2.75, 3.05) is 27.7 Å². The molecule has 412 valence electrons. The largest absolute Gasteiger partial charge is 0.481 e. The number of unbranched alkanes of at least 4 members (excludes halogenated alkanes) is 1. The summed E-state index contributed by atoms with van der Waals surface area (Å²) in [7, 11) is 5.61. The van der Waals surface area contributed by atoms with E-state index in [1.54, 1.807) is 6.07 Å². The van der Waals surface area contributed by atoms with Gasteiger partial charge in [-0.15, -0.1) is 0 Å². The van der Waals surface area contributed by atoms with E-state index < -0.39 is 121 Å². The maximum Gasteiger partial charge on any atom is 0.326 e. The molecule has 0 saturated carbocycles. The normalized spacial score (nSPS) is 13.0. The number of aromatic nitrogens is 1. The van der Waals surface area contributed by atoms with Crippen LogP contribution in [-0.4, -0.2) is 154 Å². The maximum absolute atomic E-state index is 13.7. The van der Waals surface area contributed by atoms with Crippen LogP contribution in [0.2, 0.25) is 0 Å². The van der Waals surface area contributed by atoms with E-state index in [1.165, 1.54) is 36.5 Å². The fourth-order valence-electron chi connectivity index (χ4n) is 7.59. The van der Waals surface area contributed by atoms with Crippen molar-refractivity contribution in [3.63, 3.8) is 0 Å². The van der Waals surface area contributed by atoms with Crippen molar-refractivity contribution in [2.45, 2.75) is 101 Å². The molecule has 3 aromatic carbocycles. The zero-order valence-electron chi connectivity index (χ0n) is 42.6. The Morgan fingerprint density at radius 3 is 1.56 bits per heavy atom. The van der Waals surface area contributed by atoms with E-state index in [9.17, 15) is 73.2 Å². The highest BCUT2D eigenvalue weighted by molar-refractivity contribution is 5.99. The van der Waals surface area contributed by atoms with Gasteiger partial charge in [-0.25, -0.2) is 19.4 Å². The summed E-state index contributed by atoms with van der Waals surface area (Å²) in [5.74, 6) is -9.76. The highest BCUT2D eigenvalue weighted by Gasteiger charge is 2.30. The molecular weight excluding hydrogens is 1010 g/mol. The van der Waals surface area contributed by atoms with Crippen LogP contribution in [0.5, 0.6) is 0 Å². The van der Waals surface area contributed by atoms with Gasteiger partial charge in [-0.3, -0.25) is 42.8 Å². The van der Waals surface area contributed by atoms with Gasteiger partial charge in [-0.1, -0.05) is 54.6 Å². The molecule has 77 heavy (non-hydrogen) atoms. The van der Waals surface area contributed by atoms with Crippen LogP contribution in [0.15, 0.2) is 85.1 Å². The smallest absolute Gasteiger partial charge is 0.326 e. The molecule has 0 saturated heterocycles. The van der Waals surface area contributed by atoms with Crippen LogP contribution in [0.1, 0.15) is 89.6 Å². The summed E-state index contributed by atoms with van der Waals surface area (Å²) in [6.07, 6.45) is -1.12. The zero-order chi connectivity index (χ0) is 56.8. The third-order valence-electron chi connectivity index (χ3n) is 11.9. The Morgan fingerprint density at radius 2 is 1.00 bits per heavy atom. The molecule has 0 aliphatic carbocycles. The molecule has 1 heterocycles. The van der Waals surface area contributed by atoms with E-state index >= 15 is 0 Å². The van der Waals surface area contributed by atoms with Gasteiger partial charge in [0.15, 0.2) is 0 Å². The third kappa shape index (κ3) is 20.7. The second-order valence-electron chi connectivity index (χ2n) is 18.8. The molecule has 4 unspecified atom stereocenters. The number of carboxylic acids is 5. The van der Waals surface area contributed by atoms with Gasteiger partial charge in [0, 0.05) is 56.6 Å². The molecule has 0 bridgehead atoms. The number of hydrogen-bond donors (Lipinski definition) is 12. The Morgan fingerprint density at radius 1 is 0.494 bits per heavy atom. The lowest BCUT2D eigenvalue weighted by atomic mass is 10.0. The Hall–Kier alpha value is -9.00. The number of amides is 7. The van der Waals surface area contributed by atoms with Crippen molar-refractivity contribution >= 4 is 82.0 Å². The minimum Gasteiger partial charge on any atom is -0.481 e. The van der Waals surface area contributed by atoms with Gasteiger partial charge >= 0.3 is 35.9 Å². The number of hydrogen-bond acceptors (Lipinski definition) is 12. The summed E-state index contributed by atoms with van der Waals surface area (Å²) in [6, 6.07) is 14.0. The molecule has 4 aromatic rings. The van der Waals surface area contributed by atoms with E-state index in [-0.39, 0.29) is 62.7 Å². The molecule has 0 aliphatic heterocycles. The first-order chi connectivity index (χ1) is 36.4. The maximum atomic E-state index is 13.7. The lowest BCUT2D eigenvalue weighted by molar-refractivity contribution is -0.141. The summed E-state index contributed by atoms with van der Waals surface area (Å²) < 4.78 is 0.356.